The molecular weight excluding hydrogens is 259 g/mol. The number of carbonyl (C=O) groups is 1. The van der Waals surface area contributed by atoms with E-state index < -0.39 is 18.9 Å². The zero-order valence-corrected chi connectivity index (χ0v) is 9.28. The number of amides is 1. The van der Waals surface area contributed by atoms with E-state index in [2.05, 4.69) is 24.7 Å². The van der Waals surface area contributed by atoms with Crippen LogP contribution in [-0.2, 0) is 4.74 Å². The third-order valence-electron chi connectivity index (χ3n) is 1.47. The van der Waals surface area contributed by atoms with Crippen molar-refractivity contribution in [3.63, 3.8) is 0 Å². The Kier molecular flexibility index (Phi) is 4.75. The largest absolute Gasteiger partial charge is 0.447 e. The highest BCUT2D eigenvalue weighted by molar-refractivity contribution is 5.67. The molecule has 7 nitrogen and oxygen atoms in total. The highest BCUT2D eigenvalue weighted by Crippen LogP contribution is 2.14. The van der Waals surface area contributed by atoms with Gasteiger partial charge in [0.05, 0.1) is 6.54 Å². The zero-order valence-electron chi connectivity index (χ0n) is 9.28. The Labute approximate surface area is 99.2 Å². The molecule has 0 spiro atoms. The Hall–Kier alpha value is -2.00. The summed E-state index contributed by atoms with van der Waals surface area (Å²) < 4.78 is 48.4. The number of ether oxygens (including phenoxy) is 2. The molecule has 1 rings (SSSR count). The van der Waals surface area contributed by atoms with Gasteiger partial charge in [-0.05, 0) is 6.92 Å². The van der Waals surface area contributed by atoms with Crippen molar-refractivity contribution < 1.29 is 32.0 Å². The molecule has 102 valence electrons. The van der Waals surface area contributed by atoms with Crippen molar-refractivity contribution in [2.45, 2.75) is 13.1 Å². The van der Waals surface area contributed by atoms with Gasteiger partial charge in [0, 0.05) is 0 Å². The van der Waals surface area contributed by atoms with E-state index in [1.807, 2.05) is 0 Å². The summed E-state index contributed by atoms with van der Waals surface area (Å²) in [5, 5.41) is 5.50. The van der Waals surface area contributed by atoms with Crippen molar-refractivity contribution in [3.8, 4) is 6.08 Å². The molecule has 0 radical (unpaired) electrons. The predicted octanol–water partition coefficient (Wildman–Crippen LogP) is 1.05. The summed E-state index contributed by atoms with van der Waals surface area (Å²) in [6.07, 6.45) is -5.81. The van der Waals surface area contributed by atoms with E-state index in [1.54, 1.807) is 6.92 Å². The molecule has 0 atom stereocenters. The lowest BCUT2D eigenvalue weighted by molar-refractivity contribution is -0.160. The number of aryl methyl sites for hydroxylation is 1. The quantitative estimate of drug-likeness (QED) is 0.804. The van der Waals surface area contributed by atoms with Gasteiger partial charge in [-0.2, -0.15) is 18.2 Å². The number of carbonyl (C=O) groups excluding carboxylic acids is 1. The molecule has 1 N–H and O–H groups in total. The van der Waals surface area contributed by atoms with E-state index in [9.17, 15) is 18.0 Å². The van der Waals surface area contributed by atoms with Gasteiger partial charge < -0.3 is 14.8 Å². The third-order valence-corrected chi connectivity index (χ3v) is 1.47. The smallest absolute Gasteiger partial charge is 0.422 e. The van der Waals surface area contributed by atoms with E-state index in [0.717, 1.165) is 0 Å². The minimum Gasteiger partial charge on any atom is -0.447 e. The van der Waals surface area contributed by atoms with Gasteiger partial charge in [0.2, 0.25) is 0 Å². The second-order valence-corrected chi connectivity index (χ2v) is 3.07. The molecule has 0 saturated carbocycles. The standard InChI is InChI=1S/C8H10F3N3O4/c1-5-13-7(18-14-5)16-3-2-12-6(15)17-4-8(9,10)11/h2-4H2,1H3,(H,12,15). The Morgan fingerprint density at radius 2 is 2.22 bits per heavy atom. The Balaban J connectivity index is 2.09. The first kappa shape index (κ1) is 14.1. The van der Waals surface area contributed by atoms with Gasteiger partial charge >= 0.3 is 18.3 Å². The maximum Gasteiger partial charge on any atom is 0.422 e. The van der Waals surface area contributed by atoms with Gasteiger partial charge in [-0.1, -0.05) is 5.16 Å². The maximum absolute atomic E-state index is 11.7. The minimum atomic E-state index is -4.55. The van der Waals surface area contributed by atoms with Crippen molar-refractivity contribution in [2.24, 2.45) is 0 Å². The Bertz CT molecular complexity index is 393. The van der Waals surface area contributed by atoms with E-state index >= 15 is 0 Å². The molecule has 0 saturated heterocycles. The monoisotopic (exact) mass is 269 g/mol. The molecule has 0 bridgehead atoms. The van der Waals surface area contributed by atoms with Crippen molar-refractivity contribution in [2.75, 3.05) is 19.8 Å². The third kappa shape index (κ3) is 5.92. The maximum atomic E-state index is 11.7. The number of nitrogens with zero attached hydrogens (tertiary/aromatic N) is 2. The average Bonchev–Trinajstić information content (AvgIpc) is 2.67. The molecule has 1 amide bonds. The van der Waals surface area contributed by atoms with Crippen molar-refractivity contribution >= 4 is 6.09 Å². The van der Waals surface area contributed by atoms with Crippen LogP contribution in [0.3, 0.4) is 0 Å². The second kappa shape index (κ2) is 6.07. The lowest BCUT2D eigenvalue weighted by Crippen LogP contribution is -2.31. The van der Waals surface area contributed by atoms with Gasteiger partial charge in [0.25, 0.3) is 0 Å². The topological polar surface area (TPSA) is 86.5 Å². The van der Waals surface area contributed by atoms with Crippen LogP contribution in [-0.4, -0.2) is 42.2 Å². The van der Waals surface area contributed by atoms with Crippen molar-refractivity contribution in [1.82, 2.24) is 15.5 Å². The first-order valence-electron chi connectivity index (χ1n) is 4.77. The molecule has 0 aliphatic rings. The van der Waals surface area contributed by atoms with Gasteiger partial charge in [0.1, 0.15) is 6.61 Å². The number of hydrogen-bond donors (Lipinski definition) is 1. The van der Waals surface area contributed by atoms with Crippen molar-refractivity contribution in [3.05, 3.63) is 5.82 Å². The molecular formula is C8H10F3N3O4. The van der Waals surface area contributed by atoms with Crippen LogP contribution in [0.4, 0.5) is 18.0 Å². The van der Waals surface area contributed by atoms with E-state index in [-0.39, 0.29) is 19.2 Å². The zero-order chi connectivity index (χ0) is 13.6. The molecule has 10 heteroatoms. The number of halogens is 3. The molecule has 0 fully saturated rings. The van der Waals surface area contributed by atoms with Crippen LogP contribution in [0.25, 0.3) is 0 Å². The van der Waals surface area contributed by atoms with Crippen LogP contribution in [0.2, 0.25) is 0 Å². The highest BCUT2D eigenvalue weighted by Gasteiger charge is 2.29. The van der Waals surface area contributed by atoms with Gasteiger partial charge in [-0.3, -0.25) is 4.52 Å². The molecule has 18 heavy (non-hydrogen) atoms. The summed E-state index contributed by atoms with van der Waals surface area (Å²) in [6.45, 7) is -0.146. The summed E-state index contributed by atoms with van der Waals surface area (Å²) in [6, 6.07) is 0. The van der Waals surface area contributed by atoms with Gasteiger partial charge in [-0.25, -0.2) is 4.79 Å². The fourth-order valence-corrected chi connectivity index (χ4v) is 0.827. The molecule has 0 aliphatic heterocycles. The highest BCUT2D eigenvalue weighted by atomic mass is 19.4. The van der Waals surface area contributed by atoms with E-state index in [0.29, 0.717) is 5.82 Å². The van der Waals surface area contributed by atoms with Gasteiger partial charge in [-0.15, -0.1) is 0 Å². The lowest BCUT2D eigenvalue weighted by atomic mass is 10.7. The fourth-order valence-electron chi connectivity index (χ4n) is 0.827. The van der Waals surface area contributed by atoms with Crippen LogP contribution in [0.5, 0.6) is 6.08 Å². The number of nitrogens with one attached hydrogen (secondary N) is 1. The molecule has 1 aromatic rings. The van der Waals surface area contributed by atoms with Crippen LogP contribution in [0.1, 0.15) is 5.82 Å². The second-order valence-electron chi connectivity index (χ2n) is 3.07. The average molecular weight is 269 g/mol. The lowest BCUT2D eigenvalue weighted by Gasteiger charge is -2.08. The van der Waals surface area contributed by atoms with Crippen LogP contribution in [0, 0.1) is 6.92 Å². The van der Waals surface area contributed by atoms with Crippen molar-refractivity contribution in [1.29, 1.82) is 0 Å². The van der Waals surface area contributed by atoms with Crippen LogP contribution in [0.15, 0.2) is 4.52 Å². The SMILES string of the molecule is Cc1noc(OCCNC(=O)OCC(F)(F)F)n1. The summed E-state index contributed by atoms with van der Waals surface area (Å²) >= 11 is 0. The van der Waals surface area contributed by atoms with E-state index in [1.165, 1.54) is 0 Å². The number of hydrogen-bond acceptors (Lipinski definition) is 6. The number of aromatic nitrogens is 2. The molecule has 0 aliphatic carbocycles. The molecule has 1 heterocycles. The summed E-state index contributed by atoms with van der Waals surface area (Å²) in [5.74, 6) is 0.377. The Morgan fingerprint density at radius 1 is 1.50 bits per heavy atom. The first-order valence-corrected chi connectivity index (χ1v) is 4.77. The first-order chi connectivity index (χ1) is 8.37. The number of alkyl carbamates (subject to hydrolysis) is 1. The van der Waals surface area contributed by atoms with E-state index in [4.69, 9.17) is 4.74 Å². The summed E-state index contributed by atoms with van der Waals surface area (Å²) in [5.41, 5.74) is 0. The Morgan fingerprint density at radius 3 is 2.78 bits per heavy atom. The molecule has 1 aromatic heterocycles. The summed E-state index contributed by atoms with van der Waals surface area (Å²) in [4.78, 5) is 14.5. The fraction of sp³-hybridized carbons (Fsp3) is 0.625. The minimum absolute atomic E-state index is 0.0389. The predicted molar refractivity (Wildman–Crippen MR) is 49.9 cm³/mol. The normalized spacial score (nSPS) is 11.1. The molecule has 0 unspecified atom stereocenters. The molecule has 0 aromatic carbocycles. The van der Waals surface area contributed by atoms with Crippen LogP contribution < -0.4 is 10.1 Å². The number of alkyl halides is 3. The number of rotatable bonds is 5. The van der Waals surface area contributed by atoms with Crippen LogP contribution >= 0.6 is 0 Å². The summed E-state index contributed by atoms with van der Waals surface area (Å²) in [7, 11) is 0. The van der Waals surface area contributed by atoms with Gasteiger partial charge in [0.15, 0.2) is 12.4 Å².